The van der Waals surface area contributed by atoms with Gasteiger partial charge in [-0.25, -0.2) is 0 Å². The van der Waals surface area contributed by atoms with Gasteiger partial charge in [0.25, 0.3) is 5.91 Å². The zero-order valence-corrected chi connectivity index (χ0v) is 15.9. The van der Waals surface area contributed by atoms with Gasteiger partial charge in [0, 0.05) is 30.8 Å². The maximum atomic E-state index is 12.6. The van der Waals surface area contributed by atoms with Gasteiger partial charge in [-0.1, -0.05) is 30.3 Å². The molecule has 2 N–H and O–H groups in total. The number of nitrogens with one attached hydrogen (secondary N) is 2. The molecular formula is C22H24N4O2. The van der Waals surface area contributed by atoms with Crippen molar-refractivity contribution >= 4 is 11.7 Å². The van der Waals surface area contributed by atoms with Crippen LogP contribution in [0.15, 0.2) is 54.6 Å². The van der Waals surface area contributed by atoms with E-state index < -0.39 is 0 Å². The maximum Gasteiger partial charge on any atom is 0.256 e. The van der Waals surface area contributed by atoms with Gasteiger partial charge in [0.1, 0.15) is 5.75 Å². The van der Waals surface area contributed by atoms with Crippen LogP contribution in [-0.4, -0.2) is 34.2 Å². The SMILES string of the molecule is CCOc1ccc(C(=O)Nc2n[nH]c3c2CCN(Cc2ccccc2)C3)cc1. The van der Waals surface area contributed by atoms with E-state index in [2.05, 4.69) is 44.7 Å². The summed E-state index contributed by atoms with van der Waals surface area (Å²) in [4.78, 5) is 14.9. The van der Waals surface area contributed by atoms with Crippen LogP contribution in [0.25, 0.3) is 0 Å². The number of aromatic amines is 1. The number of hydrogen-bond donors (Lipinski definition) is 2. The average Bonchev–Trinajstić information content (AvgIpc) is 3.11. The molecule has 0 fully saturated rings. The molecule has 0 aliphatic carbocycles. The first-order valence-corrected chi connectivity index (χ1v) is 9.59. The van der Waals surface area contributed by atoms with E-state index in [9.17, 15) is 4.79 Å². The van der Waals surface area contributed by atoms with Crippen LogP contribution in [0.3, 0.4) is 0 Å². The fraction of sp³-hybridized carbons (Fsp3) is 0.273. The van der Waals surface area contributed by atoms with Crippen molar-refractivity contribution in [1.82, 2.24) is 15.1 Å². The molecule has 1 aliphatic rings. The van der Waals surface area contributed by atoms with Crippen molar-refractivity contribution in [2.75, 3.05) is 18.5 Å². The van der Waals surface area contributed by atoms with Gasteiger partial charge in [-0.05, 0) is 43.2 Å². The normalized spacial score (nSPS) is 13.8. The van der Waals surface area contributed by atoms with E-state index in [1.807, 2.05) is 13.0 Å². The minimum atomic E-state index is -0.163. The number of ether oxygens (including phenoxy) is 1. The van der Waals surface area contributed by atoms with Crippen molar-refractivity contribution < 1.29 is 9.53 Å². The predicted octanol–water partition coefficient (Wildman–Crippen LogP) is 3.62. The number of H-pyrrole nitrogens is 1. The fourth-order valence-corrected chi connectivity index (χ4v) is 3.50. The number of rotatable bonds is 6. The van der Waals surface area contributed by atoms with E-state index >= 15 is 0 Å². The van der Waals surface area contributed by atoms with Crippen LogP contribution in [0.5, 0.6) is 5.75 Å². The summed E-state index contributed by atoms with van der Waals surface area (Å²) in [7, 11) is 0. The minimum Gasteiger partial charge on any atom is -0.494 e. The van der Waals surface area contributed by atoms with E-state index in [4.69, 9.17) is 4.74 Å². The number of benzene rings is 2. The maximum absolute atomic E-state index is 12.6. The van der Waals surface area contributed by atoms with E-state index in [-0.39, 0.29) is 5.91 Å². The highest BCUT2D eigenvalue weighted by atomic mass is 16.5. The van der Waals surface area contributed by atoms with Gasteiger partial charge in [0.2, 0.25) is 0 Å². The van der Waals surface area contributed by atoms with Gasteiger partial charge >= 0.3 is 0 Å². The van der Waals surface area contributed by atoms with Gasteiger partial charge in [-0.15, -0.1) is 0 Å². The first-order valence-electron chi connectivity index (χ1n) is 9.59. The summed E-state index contributed by atoms with van der Waals surface area (Å²) < 4.78 is 5.42. The standard InChI is InChI=1S/C22H24N4O2/c1-2-28-18-10-8-17(9-11-18)22(27)23-21-19-12-13-26(15-20(19)24-25-21)14-16-6-4-3-5-7-16/h3-11H,2,12-15H2,1H3,(H2,23,24,25,27). The Morgan fingerprint density at radius 1 is 1.18 bits per heavy atom. The number of aromatic nitrogens is 2. The number of fused-ring (bicyclic) bond motifs is 1. The second-order valence-corrected chi connectivity index (χ2v) is 6.89. The van der Waals surface area contributed by atoms with Crippen molar-refractivity contribution in [3.8, 4) is 5.75 Å². The first kappa shape index (κ1) is 18.3. The van der Waals surface area contributed by atoms with E-state index in [1.54, 1.807) is 24.3 Å². The number of anilines is 1. The molecule has 0 radical (unpaired) electrons. The Bertz CT molecular complexity index is 935. The summed E-state index contributed by atoms with van der Waals surface area (Å²) in [6.07, 6.45) is 0.859. The summed E-state index contributed by atoms with van der Waals surface area (Å²) in [5.41, 5.74) is 4.06. The second-order valence-electron chi connectivity index (χ2n) is 6.89. The Morgan fingerprint density at radius 2 is 1.96 bits per heavy atom. The summed E-state index contributed by atoms with van der Waals surface area (Å²) in [5, 5.41) is 10.4. The molecule has 1 amide bonds. The zero-order chi connectivity index (χ0) is 19.3. The molecule has 1 aliphatic heterocycles. The third-order valence-corrected chi connectivity index (χ3v) is 4.92. The molecule has 4 rings (SSSR count). The number of hydrogen-bond acceptors (Lipinski definition) is 4. The number of carbonyl (C=O) groups is 1. The predicted molar refractivity (Wildman–Crippen MR) is 108 cm³/mol. The van der Waals surface area contributed by atoms with Crippen molar-refractivity contribution in [3.63, 3.8) is 0 Å². The quantitative estimate of drug-likeness (QED) is 0.689. The summed E-state index contributed by atoms with van der Waals surface area (Å²) in [5.74, 6) is 1.23. The Hall–Kier alpha value is -3.12. The molecule has 28 heavy (non-hydrogen) atoms. The van der Waals surface area contributed by atoms with Crippen molar-refractivity contribution in [2.24, 2.45) is 0 Å². The van der Waals surface area contributed by atoms with Crippen molar-refractivity contribution in [2.45, 2.75) is 26.4 Å². The summed E-state index contributed by atoms with van der Waals surface area (Å²) in [6, 6.07) is 17.6. The third kappa shape index (κ3) is 4.07. The van der Waals surface area contributed by atoms with E-state index in [1.165, 1.54) is 5.56 Å². The molecule has 0 saturated carbocycles. The molecule has 2 heterocycles. The minimum absolute atomic E-state index is 0.163. The zero-order valence-electron chi connectivity index (χ0n) is 15.9. The van der Waals surface area contributed by atoms with E-state index in [0.717, 1.165) is 43.1 Å². The second kappa shape index (κ2) is 8.27. The smallest absolute Gasteiger partial charge is 0.256 e. The topological polar surface area (TPSA) is 70.2 Å². The van der Waals surface area contributed by atoms with Gasteiger partial charge in [0.15, 0.2) is 5.82 Å². The van der Waals surface area contributed by atoms with Crippen molar-refractivity contribution in [1.29, 1.82) is 0 Å². The summed E-state index contributed by atoms with van der Waals surface area (Å²) >= 11 is 0. The molecule has 2 aromatic carbocycles. The highest BCUT2D eigenvalue weighted by molar-refractivity contribution is 6.04. The van der Waals surface area contributed by atoms with Crippen LogP contribution in [0.2, 0.25) is 0 Å². The monoisotopic (exact) mass is 376 g/mol. The van der Waals surface area contributed by atoms with Crippen LogP contribution < -0.4 is 10.1 Å². The molecule has 0 bridgehead atoms. The number of nitrogens with zero attached hydrogens (tertiary/aromatic N) is 2. The van der Waals surface area contributed by atoms with Crippen LogP contribution in [-0.2, 0) is 19.5 Å². The number of amides is 1. The third-order valence-electron chi connectivity index (χ3n) is 4.92. The van der Waals surface area contributed by atoms with Crippen LogP contribution in [0, 0.1) is 0 Å². The largest absolute Gasteiger partial charge is 0.494 e. The molecule has 6 heteroatoms. The molecule has 3 aromatic rings. The van der Waals surface area contributed by atoms with Crippen LogP contribution >= 0.6 is 0 Å². The molecule has 0 spiro atoms. The molecule has 144 valence electrons. The van der Waals surface area contributed by atoms with Gasteiger partial charge in [-0.3, -0.25) is 14.8 Å². The lowest BCUT2D eigenvalue weighted by molar-refractivity contribution is 0.102. The van der Waals surface area contributed by atoms with Crippen LogP contribution in [0.4, 0.5) is 5.82 Å². The Labute approximate surface area is 164 Å². The summed E-state index contributed by atoms with van der Waals surface area (Å²) in [6.45, 7) is 5.19. The number of carbonyl (C=O) groups excluding carboxylic acids is 1. The lowest BCUT2D eigenvalue weighted by atomic mass is 10.1. The Morgan fingerprint density at radius 3 is 2.71 bits per heavy atom. The van der Waals surface area contributed by atoms with Gasteiger partial charge in [0.05, 0.1) is 12.3 Å². The van der Waals surface area contributed by atoms with E-state index in [0.29, 0.717) is 18.0 Å². The highest BCUT2D eigenvalue weighted by Crippen LogP contribution is 2.25. The van der Waals surface area contributed by atoms with Crippen molar-refractivity contribution in [3.05, 3.63) is 77.0 Å². The highest BCUT2D eigenvalue weighted by Gasteiger charge is 2.23. The molecule has 0 unspecified atom stereocenters. The fourth-order valence-electron chi connectivity index (χ4n) is 3.50. The first-order chi connectivity index (χ1) is 13.7. The molecular weight excluding hydrogens is 352 g/mol. The Balaban J connectivity index is 1.40. The molecule has 0 saturated heterocycles. The van der Waals surface area contributed by atoms with Gasteiger partial charge in [-0.2, -0.15) is 5.10 Å². The van der Waals surface area contributed by atoms with Crippen LogP contribution in [0.1, 0.15) is 34.1 Å². The molecule has 0 atom stereocenters. The average molecular weight is 376 g/mol. The molecule has 1 aromatic heterocycles. The Kier molecular flexibility index (Phi) is 5.39. The molecule has 6 nitrogen and oxygen atoms in total. The van der Waals surface area contributed by atoms with Gasteiger partial charge < -0.3 is 10.1 Å². The lowest BCUT2D eigenvalue weighted by Crippen LogP contribution is -2.30. The lowest BCUT2D eigenvalue weighted by Gasteiger charge is -2.26.